The Hall–Kier alpha value is -2.14. The van der Waals surface area contributed by atoms with Crippen LogP contribution < -0.4 is 0 Å². The molecule has 0 spiro atoms. The maximum atomic E-state index is 6.05. The Labute approximate surface area is 159 Å². The first-order chi connectivity index (χ1) is 12.8. The Morgan fingerprint density at radius 1 is 0.885 bits per heavy atom. The molecule has 0 atom stereocenters. The summed E-state index contributed by atoms with van der Waals surface area (Å²) in [5, 5.41) is 0.704. The number of benzene rings is 2. The van der Waals surface area contributed by atoms with Crippen LogP contribution in [0.3, 0.4) is 0 Å². The highest BCUT2D eigenvalue weighted by atomic mass is 35.5. The summed E-state index contributed by atoms with van der Waals surface area (Å²) in [5.41, 5.74) is 2.34. The van der Waals surface area contributed by atoms with E-state index in [0.29, 0.717) is 5.02 Å². The number of rotatable bonds is 5. The zero-order chi connectivity index (χ0) is 17.8. The van der Waals surface area contributed by atoms with Gasteiger partial charge in [0.05, 0.1) is 12.7 Å². The van der Waals surface area contributed by atoms with Gasteiger partial charge in [0.15, 0.2) is 5.76 Å². The molecule has 2 aromatic carbocycles. The Bertz CT molecular complexity index is 841. The van der Waals surface area contributed by atoms with Crippen LogP contribution in [0.15, 0.2) is 65.2 Å². The van der Waals surface area contributed by atoms with E-state index in [2.05, 4.69) is 45.1 Å². The predicted molar refractivity (Wildman–Crippen MR) is 104 cm³/mol. The molecule has 0 unspecified atom stereocenters. The van der Waals surface area contributed by atoms with Crippen LogP contribution in [0.5, 0.6) is 0 Å². The lowest BCUT2D eigenvalue weighted by atomic mass is 10.2. The van der Waals surface area contributed by atoms with Crippen molar-refractivity contribution in [2.45, 2.75) is 13.1 Å². The summed E-state index contributed by atoms with van der Waals surface area (Å²) in [6.07, 6.45) is 1.78. The smallest absolute Gasteiger partial charge is 0.209 e. The third kappa shape index (κ3) is 4.33. The van der Waals surface area contributed by atoms with Crippen LogP contribution in [0.4, 0.5) is 0 Å². The van der Waals surface area contributed by atoms with Crippen LogP contribution in [0.2, 0.25) is 5.02 Å². The van der Waals surface area contributed by atoms with Gasteiger partial charge in [-0.15, -0.1) is 0 Å². The Kier molecular flexibility index (Phi) is 5.34. The minimum absolute atomic E-state index is 0.704. The lowest BCUT2D eigenvalue weighted by molar-refractivity contribution is 0.114. The van der Waals surface area contributed by atoms with Gasteiger partial charge in [-0.25, -0.2) is 4.98 Å². The summed E-state index contributed by atoms with van der Waals surface area (Å²) in [4.78, 5) is 9.33. The molecule has 0 radical (unpaired) electrons. The fraction of sp³-hybridized carbons (Fsp3) is 0.286. The molecule has 2 heterocycles. The van der Waals surface area contributed by atoms with E-state index in [1.807, 2.05) is 24.3 Å². The minimum Gasteiger partial charge on any atom is -0.439 e. The maximum absolute atomic E-state index is 6.05. The SMILES string of the molecule is Clc1cccc(-c2cnc(CN3CCN(Cc4ccccc4)CC3)o2)c1. The molecule has 4 nitrogen and oxygen atoms in total. The zero-order valence-corrected chi connectivity index (χ0v) is 15.4. The molecule has 5 heteroatoms. The van der Waals surface area contributed by atoms with Gasteiger partial charge in [-0.1, -0.05) is 54.1 Å². The molecule has 0 saturated carbocycles. The molecule has 1 fully saturated rings. The largest absolute Gasteiger partial charge is 0.439 e. The number of oxazole rings is 1. The molecule has 0 amide bonds. The second kappa shape index (κ2) is 8.04. The molecule has 0 aliphatic carbocycles. The first kappa shape index (κ1) is 17.3. The highest BCUT2D eigenvalue weighted by Gasteiger charge is 2.19. The summed E-state index contributed by atoms with van der Waals surface area (Å²) in [6.45, 7) is 5.96. The summed E-state index contributed by atoms with van der Waals surface area (Å²) in [7, 11) is 0. The van der Waals surface area contributed by atoms with Gasteiger partial charge in [0.2, 0.25) is 5.89 Å². The van der Waals surface area contributed by atoms with Gasteiger partial charge in [-0.2, -0.15) is 0 Å². The predicted octanol–water partition coefficient (Wildman–Crippen LogP) is 4.31. The minimum atomic E-state index is 0.704. The summed E-state index contributed by atoms with van der Waals surface area (Å²) in [5.74, 6) is 1.53. The third-order valence-electron chi connectivity index (χ3n) is 4.74. The van der Waals surface area contributed by atoms with Crippen molar-refractivity contribution < 1.29 is 4.42 Å². The van der Waals surface area contributed by atoms with Crippen molar-refractivity contribution in [3.63, 3.8) is 0 Å². The van der Waals surface area contributed by atoms with Crippen LogP contribution in [-0.2, 0) is 13.1 Å². The fourth-order valence-corrected chi connectivity index (χ4v) is 3.49. The second-order valence-corrected chi connectivity index (χ2v) is 7.10. The van der Waals surface area contributed by atoms with E-state index < -0.39 is 0 Å². The number of piperazine rings is 1. The molecule has 3 aromatic rings. The van der Waals surface area contributed by atoms with Gasteiger partial charge < -0.3 is 4.42 Å². The van der Waals surface area contributed by atoms with Crippen LogP contribution in [0, 0.1) is 0 Å². The van der Waals surface area contributed by atoms with Crippen LogP contribution in [-0.4, -0.2) is 41.0 Å². The molecule has 1 aromatic heterocycles. The summed E-state index contributed by atoms with van der Waals surface area (Å²) < 4.78 is 5.92. The van der Waals surface area contributed by atoms with E-state index in [9.17, 15) is 0 Å². The second-order valence-electron chi connectivity index (χ2n) is 6.67. The molecule has 26 heavy (non-hydrogen) atoms. The van der Waals surface area contributed by atoms with Crippen molar-refractivity contribution in [3.05, 3.63) is 77.3 Å². The third-order valence-corrected chi connectivity index (χ3v) is 4.97. The number of halogens is 1. The van der Waals surface area contributed by atoms with Crippen LogP contribution in [0.1, 0.15) is 11.5 Å². The summed E-state index contributed by atoms with van der Waals surface area (Å²) in [6, 6.07) is 18.3. The van der Waals surface area contributed by atoms with Crippen molar-refractivity contribution in [2.24, 2.45) is 0 Å². The van der Waals surface area contributed by atoms with E-state index in [1.165, 1.54) is 5.56 Å². The normalized spacial score (nSPS) is 16.0. The van der Waals surface area contributed by atoms with Crippen LogP contribution >= 0.6 is 11.6 Å². The standard InChI is InChI=1S/C21H22ClN3O/c22-19-8-4-7-18(13-19)20-14-23-21(26-20)16-25-11-9-24(10-12-25)15-17-5-2-1-3-6-17/h1-8,13-14H,9-12,15-16H2. The van der Waals surface area contributed by atoms with Gasteiger partial charge in [0.1, 0.15) is 0 Å². The molecule has 4 rings (SSSR count). The van der Waals surface area contributed by atoms with Crippen molar-refractivity contribution >= 4 is 11.6 Å². The highest BCUT2D eigenvalue weighted by molar-refractivity contribution is 6.30. The zero-order valence-electron chi connectivity index (χ0n) is 14.6. The average Bonchev–Trinajstić information content (AvgIpc) is 3.13. The number of nitrogens with zero attached hydrogens (tertiary/aromatic N) is 3. The van der Waals surface area contributed by atoms with Crippen molar-refractivity contribution in [1.82, 2.24) is 14.8 Å². The van der Waals surface area contributed by atoms with E-state index in [0.717, 1.165) is 56.5 Å². The van der Waals surface area contributed by atoms with Gasteiger partial charge in [-0.3, -0.25) is 9.80 Å². The van der Waals surface area contributed by atoms with Gasteiger partial charge >= 0.3 is 0 Å². The van der Waals surface area contributed by atoms with E-state index >= 15 is 0 Å². The molecular formula is C21H22ClN3O. The monoisotopic (exact) mass is 367 g/mol. The first-order valence-electron chi connectivity index (χ1n) is 8.95. The first-order valence-corrected chi connectivity index (χ1v) is 9.33. The molecule has 0 bridgehead atoms. The number of hydrogen-bond donors (Lipinski definition) is 0. The Morgan fingerprint density at radius 3 is 2.35 bits per heavy atom. The van der Waals surface area contributed by atoms with Crippen molar-refractivity contribution in [3.8, 4) is 11.3 Å². The number of aromatic nitrogens is 1. The summed E-state index contributed by atoms with van der Waals surface area (Å²) >= 11 is 6.05. The fourth-order valence-electron chi connectivity index (χ4n) is 3.30. The van der Waals surface area contributed by atoms with E-state index in [1.54, 1.807) is 6.20 Å². The van der Waals surface area contributed by atoms with Gasteiger partial charge in [0, 0.05) is 43.3 Å². The van der Waals surface area contributed by atoms with Gasteiger partial charge in [0.25, 0.3) is 0 Å². The molecule has 1 aliphatic rings. The lowest BCUT2D eigenvalue weighted by Crippen LogP contribution is -2.45. The van der Waals surface area contributed by atoms with Crippen molar-refractivity contribution in [1.29, 1.82) is 0 Å². The Morgan fingerprint density at radius 2 is 1.62 bits per heavy atom. The molecule has 1 saturated heterocycles. The molecule has 134 valence electrons. The topological polar surface area (TPSA) is 32.5 Å². The van der Waals surface area contributed by atoms with Crippen LogP contribution in [0.25, 0.3) is 11.3 Å². The Balaban J connectivity index is 1.31. The van der Waals surface area contributed by atoms with E-state index in [-0.39, 0.29) is 0 Å². The van der Waals surface area contributed by atoms with Gasteiger partial charge in [-0.05, 0) is 17.7 Å². The quantitative estimate of drug-likeness (QED) is 0.672. The number of hydrogen-bond acceptors (Lipinski definition) is 4. The maximum Gasteiger partial charge on any atom is 0.209 e. The highest BCUT2D eigenvalue weighted by Crippen LogP contribution is 2.24. The average molecular weight is 368 g/mol. The lowest BCUT2D eigenvalue weighted by Gasteiger charge is -2.34. The molecular weight excluding hydrogens is 346 g/mol. The molecule has 0 N–H and O–H groups in total. The van der Waals surface area contributed by atoms with Crippen molar-refractivity contribution in [2.75, 3.05) is 26.2 Å². The van der Waals surface area contributed by atoms with E-state index in [4.69, 9.17) is 16.0 Å². The molecule has 1 aliphatic heterocycles.